The van der Waals surface area contributed by atoms with Gasteiger partial charge in [-0.2, -0.15) is 13.2 Å². The molecule has 3 nitrogen and oxygen atoms in total. The van der Waals surface area contributed by atoms with Crippen LogP contribution in [0.3, 0.4) is 0 Å². The fourth-order valence-electron chi connectivity index (χ4n) is 3.62. The SMILES string of the molecule is COCCC[C@]1(CO)CCCN(Cc2ccccc2C(F)(F)F)C1. The van der Waals surface area contributed by atoms with Crippen LogP contribution in [0.1, 0.15) is 36.8 Å². The normalized spacial score (nSPS) is 22.7. The third kappa shape index (κ3) is 4.94. The van der Waals surface area contributed by atoms with Crippen LogP contribution in [0.25, 0.3) is 0 Å². The van der Waals surface area contributed by atoms with E-state index in [0.29, 0.717) is 18.7 Å². The van der Waals surface area contributed by atoms with Gasteiger partial charge in [0.1, 0.15) is 0 Å². The largest absolute Gasteiger partial charge is 0.416 e. The first-order chi connectivity index (χ1) is 11.4. The first-order valence-electron chi connectivity index (χ1n) is 8.37. The number of aliphatic hydroxyl groups excluding tert-OH is 1. The number of hydrogen-bond donors (Lipinski definition) is 1. The third-order valence-electron chi connectivity index (χ3n) is 4.85. The number of halogens is 3. The molecule has 0 aromatic heterocycles. The van der Waals surface area contributed by atoms with Gasteiger partial charge >= 0.3 is 6.18 Å². The lowest BCUT2D eigenvalue weighted by Gasteiger charge is -2.42. The molecule has 1 aliphatic rings. The van der Waals surface area contributed by atoms with Crippen molar-refractivity contribution < 1.29 is 23.0 Å². The number of alkyl halides is 3. The molecule has 136 valence electrons. The zero-order valence-corrected chi connectivity index (χ0v) is 14.1. The fraction of sp³-hybridized carbons (Fsp3) is 0.667. The highest BCUT2D eigenvalue weighted by Gasteiger charge is 2.36. The molecule has 0 bridgehead atoms. The van der Waals surface area contributed by atoms with Crippen molar-refractivity contribution in [2.24, 2.45) is 5.41 Å². The van der Waals surface area contributed by atoms with Crippen molar-refractivity contribution in [2.45, 2.75) is 38.4 Å². The van der Waals surface area contributed by atoms with E-state index in [1.54, 1.807) is 19.2 Å². The van der Waals surface area contributed by atoms with Crippen LogP contribution in [-0.2, 0) is 17.5 Å². The van der Waals surface area contributed by atoms with Crippen molar-refractivity contribution in [3.05, 3.63) is 35.4 Å². The van der Waals surface area contributed by atoms with E-state index >= 15 is 0 Å². The monoisotopic (exact) mass is 345 g/mol. The molecule has 6 heteroatoms. The first kappa shape index (κ1) is 19.2. The Labute approximate surface area is 141 Å². The molecule has 0 spiro atoms. The van der Waals surface area contributed by atoms with Crippen LogP contribution < -0.4 is 0 Å². The van der Waals surface area contributed by atoms with Crippen LogP contribution >= 0.6 is 0 Å². The summed E-state index contributed by atoms with van der Waals surface area (Å²) in [7, 11) is 1.65. The number of likely N-dealkylation sites (tertiary alicyclic amines) is 1. The van der Waals surface area contributed by atoms with Gasteiger partial charge in [0.2, 0.25) is 0 Å². The van der Waals surface area contributed by atoms with Gasteiger partial charge in [-0.3, -0.25) is 4.90 Å². The van der Waals surface area contributed by atoms with E-state index in [0.717, 1.165) is 38.3 Å². The number of ether oxygens (including phenoxy) is 1. The summed E-state index contributed by atoms with van der Waals surface area (Å²) in [5.41, 5.74) is -0.496. The van der Waals surface area contributed by atoms with Crippen molar-refractivity contribution in [3.63, 3.8) is 0 Å². The summed E-state index contributed by atoms with van der Waals surface area (Å²) in [5.74, 6) is 0. The number of hydrogen-bond acceptors (Lipinski definition) is 3. The molecule has 0 unspecified atom stereocenters. The molecular weight excluding hydrogens is 319 g/mol. The second kappa shape index (κ2) is 8.32. The zero-order valence-electron chi connectivity index (χ0n) is 14.1. The topological polar surface area (TPSA) is 32.7 Å². The highest BCUT2D eigenvalue weighted by molar-refractivity contribution is 5.29. The summed E-state index contributed by atoms with van der Waals surface area (Å²) < 4.78 is 44.5. The average molecular weight is 345 g/mol. The maximum atomic E-state index is 13.2. The Morgan fingerprint density at radius 3 is 2.71 bits per heavy atom. The van der Waals surface area contributed by atoms with E-state index in [-0.39, 0.29) is 18.6 Å². The Morgan fingerprint density at radius 2 is 2.04 bits per heavy atom. The molecule has 1 aromatic carbocycles. The molecule has 1 N–H and O–H groups in total. The molecular formula is C18H26F3NO2. The fourth-order valence-corrected chi connectivity index (χ4v) is 3.62. The van der Waals surface area contributed by atoms with Crippen molar-refractivity contribution in [3.8, 4) is 0 Å². The molecule has 24 heavy (non-hydrogen) atoms. The van der Waals surface area contributed by atoms with Gasteiger partial charge in [0.15, 0.2) is 0 Å². The van der Waals surface area contributed by atoms with E-state index in [1.165, 1.54) is 6.07 Å². The number of piperidine rings is 1. The minimum absolute atomic E-state index is 0.0636. The smallest absolute Gasteiger partial charge is 0.396 e. The highest BCUT2D eigenvalue weighted by atomic mass is 19.4. The van der Waals surface area contributed by atoms with E-state index in [9.17, 15) is 18.3 Å². The zero-order chi connectivity index (χ0) is 17.6. The maximum absolute atomic E-state index is 13.2. The van der Waals surface area contributed by atoms with E-state index in [2.05, 4.69) is 0 Å². The van der Waals surface area contributed by atoms with Crippen LogP contribution in [0.4, 0.5) is 13.2 Å². The second-order valence-electron chi connectivity index (χ2n) is 6.72. The first-order valence-corrected chi connectivity index (χ1v) is 8.37. The Morgan fingerprint density at radius 1 is 1.29 bits per heavy atom. The molecule has 1 aromatic rings. The second-order valence-corrected chi connectivity index (χ2v) is 6.72. The average Bonchev–Trinajstić information content (AvgIpc) is 2.55. The van der Waals surface area contributed by atoms with E-state index in [1.807, 2.05) is 4.90 Å². The molecule has 1 atom stereocenters. The lowest BCUT2D eigenvalue weighted by atomic mass is 9.77. The van der Waals surface area contributed by atoms with Crippen LogP contribution in [0.2, 0.25) is 0 Å². The molecule has 0 amide bonds. The third-order valence-corrected chi connectivity index (χ3v) is 4.85. The van der Waals surface area contributed by atoms with Crippen molar-refractivity contribution in [1.82, 2.24) is 4.90 Å². The van der Waals surface area contributed by atoms with E-state index < -0.39 is 11.7 Å². The minimum atomic E-state index is -4.33. The summed E-state index contributed by atoms with van der Waals surface area (Å²) in [4.78, 5) is 2.04. The predicted molar refractivity (Wildman–Crippen MR) is 86.6 cm³/mol. The minimum Gasteiger partial charge on any atom is -0.396 e. The summed E-state index contributed by atoms with van der Waals surface area (Å²) in [6.45, 7) is 2.35. The maximum Gasteiger partial charge on any atom is 0.416 e. The van der Waals surface area contributed by atoms with Crippen LogP contribution in [0.5, 0.6) is 0 Å². The molecule has 1 aliphatic heterocycles. The number of benzene rings is 1. The van der Waals surface area contributed by atoms with Crippen LogP contribution in [0, 0.1) is 5.41 Å². The molecule has 1 heterocycles. The number of aliphatic hydroxyl groups is 1. The lowest BCUT2D eigenvalue weighted by molar-refractivity contribution is -0.138. The Bertz CT molecular complexity index is 521. The van der Waals surface area contributed by atoms with Gasteiger partial charge in [-0.1, -0.05) is 18.2 Å². The summed E-state index contributed by atoms with van der Waals surface area (Å²) in [5, 5.41) is 9.86. The summed E-state index contributed by atoms with van der Waals surface area (Å²) in [6, 6.07) is 5.75. The standard InChI is InChI=1S/C18H26F3NO2/c1-24-11-5-9-17(14-23)8-4-10-22(13-17)12-15-6-2-3-7-16(15)18(19,20)21/h2-3,6-7,23H,4-5,8-14H2,1H3/t17-/m1/s1. The van der Waals surface area contributed by atoms with Gasteiger partial charge < -0.3 is 9.84 Å². The van der Waals surface area contributed by atoms with Gasteiger partial charge in [-0.25, -0.2) is 0 Å². The predicted octanol–water partition coefficient (Wildman–Crippen LogP) is 3.71. The van der Waals surface area contributed by atoms with Gasteiger partial charge in [0.25, 0.3) is 0 Å². The van der Waals surface area contributed by atoms with Gasteiger partial charge in [-0.05, 0) is 43.9 Å². The van der Waals surface area contributed by atoms with Gasteiger partial charge in [0, 0.05) is 38.8 Å². The lowest BCUT2D eigenvalue weighted by Crippen LogP contribution is -2.45. The molecule has 0 saturated carbocycles. The molecule has 2 rings (SSSR count). The van der Waals surface area contributed by atoms with E-state index in [4.69, 9.17) is 4.74 Å². The molecule has 0 radical (unpaired) electrons. The van der Waals surface area contributed by atoms with Crippen molar-refractivity contribution in [1.29, 1.82) is 0 Å². The molecule has 1 fully saturated rings. The Balaban J connectivity index is 2.08. The Kier molecular flexibility index (Phi) is 6.66. The van der Waals surface area contributed by atoms with Crippen molar-refractivity contribution >= 4 is 0 Å². The molecule has 0 aliphatic carbocycles. The quantitative estimate of drug-likeness (QED) is 0.765. The highest BCUT2D eigenvalue weighted by Crippen LogP contribution is 2.37. The summed E-state index contributed by atoms with van der Waals surface area (Å²) in [6.07, 6.45) is -0.857. The number of methoxy groups -OCH3 is 1. The molecule has 1 saturated heterocycles. The van der Waals surface area contributed by atoms with Crippen LogP contribution in [-0.4, -0.2) is 43.4 Å². The Hall–Kier alpha value is -1.11. The van der Waals surface area contributed by atoms with Gasteiger partial charge in [0.05, 0.1) is 5.56 Å². The van der Waals surface area contributed by atoms with Gasteiger partial charge in [-0.15, -0.1) is 0 Å². The summed E-state index contributed by atoms with van der Waals surface area (Å²) >= 11 is 0. The number of rotatable bonds is 7. The van der Waals surface area contributed by atoms with Crippen LogP contribution in [0.15, 0.2) is 24.3 Å². The number of nitrogens with zero attached hydrogens (tertiary/aromatic N) is 1. The van der Waals surface area contributed by atoms with Crippen molar-refractivity contribution in [2.75, 3.05) is 33.4 Å².